The fourth-order valence-electron chi connectivity index (χ4n) is 3.50. The fourth-order valence-corrected chi connectivity index (χ4v) is 4.66. The molecule has 6 heteroatoms. The standard InChI is InChI=1S/C19H20ClN3OS/c1-12-5-3-4-10-23(12)17-16-15(11-25-18(16)22-19(20)21-17)13-6-8-14(24-2)9-7-13/h6-9,11-12H,3-5,10H2,1-2H3. The van der Waals surface area contributed by atoms with Crippen LogP contribution in [0, 0.1) is 0 Å². The van der Waals surface area contributed by atoms with Crippen molar-refractivity contribution in [2.24, 2.45) is 0 Å². The van der Waals surface area contributed by atoms with Crippen LogP contribution in [0.5, 0.6) is 5.75 Å². The predicted octanol–water partition coefficient (Wildman–Crippen LogP) is 5.40. The van der Waals surface area contributed by atoms with Gasteiger partial charge in [-0.05, 0) is 55.5 Å². The van der Waals surface area contributed by atoms with E-state index in [1.165, 1.54) is 19.3 Å². The molecule has 0 bridgehead atoms. The van der Waals surface area contributed by atoms with E-state index in [2.05, 4.69) is 39.3 Å². The van der Waals surface area contributed by atoms with E-state index in [0.29, 0.717) is 11.3 Å². The van der Waals surface area contributed by atoms with Gasteiger partial charge in [0.2, 0.25) is 5.28 Å². The van der Waals surface area contributed by atoms with Gasteiger partial charge in [-0.2, -0.15) is 4.98 Å². The van der Waals surface area contributed by atoms with Crippen molar-refractivity contribution in [2.45, 2.75) is 32.2 Å². The van der Waals surface area contributed by atoms with Crippen LogP contribution >= 0.6 is 22.9 Å². The summed E-state index contributed by atoms with van der Waals surface area (Å²) in [6.45, 7) is 3.28. The highest BCUT2D eigenvalue weighted by Gasteiger charge is 2.25. The maximum absolute atomic E-state index is 6.23. The van der Waals surface area contributed by atoms with E-state index in [0.717, 1.165) is 39.5 Å². The second-order valence-electron chi connectivity index (χ2n) is 6.41. The molecular weight excluding hydrogens is 354 g/mol. The van der Waals surface area contributed by atoms with Crippen molar-refractivity contribution in [3.05, 3.63) is 34.9 Å². The van der Waals surface area contributed by atoms with E-state index < -0.39 is 0 Å². The fraction of sp³-hybridized carbons (Fsp3) is 0.368. The third-order valence-corrected chi connectivity index (χ3v) is 5.90. The van der Waals surface area contributed by atoms with E-state index in [1.54, 1.807) is 18.4 Å². The molecule has 130 valence electrons. The van der Waals surface area contributed by atoms with Gasteiger partial charge in [0.05, 0.1) is 12.5 Å². The van der Waals surface area contributed by atoms with Crippen LogP contribution in [0.25, 0.3) is 21.3 Å². The summed E-state index contributed by atoms with van der Waals surface area (Å²) >= 11 is 7.85. The van der Waals surface area contributed by atoms with Gasteiger partial charge >= 0.3 is 0 Å². The Morgan fingerprint density at radius 1 is 1.20 bits per heavy atom. The first-order valence-electron chi connectivity index (χ1n) is 8.53. The smallest absolute Gasteiger partial charge is 0.225 e. The van der Waals surface area contributed by atoms with Crippen LogP contribution in [0.1, 0.15) is 26.2 Å². The van der Waals surface area contributed by atoms with Crippen LogP contribution < -0.4 is 9.64 Å². The lowest BCUT2D eigenvalue weighted by Gasteiger charge is -2.35. The lowest BCUT2D eigenvalue weighted by atomic mass is 10.0. The molecule has 0 spiro atoms. The number of aromatic nitrogens is 2. The molecule has 0 radical (unpaired) electrons. The molecular formula is C19H20ClN3OS. The minimum atomic E-state index is 0.323. The second kappa shape index (κ2) is 6.81. The summed E-state index contributed by atoms with van der Waals surface area (Å²) in [7, 11) is 1.68. The summed E-state index contributed by atoms with van der Waals surface area (Å²) in [6, 6.07) is 8.60. The summed E-state index contributed by atoms with van der Waals surface area (Å²) in [6.07, 6.45) is 3.65. The van der Waals surface area contributed by atoms with Gasteiger partial charge in [0.15, 0.2) is 0 Å². The number of methoxy groups -OCH3 is 1. The quantitative estimate of drug-likeness (QED) is 0.576. The molecule has 1 atom stereocenters. The Labute approximate surface area is 156 Å². The second-order valence-corrected chi connectivity index (χ2v) is 7.61. The zero-order chi connectivity index (χ0) is 17.4. The normalized spacial score (nSPS) is 17.9. The predicted molar refractivity (Wildman–Crippen MR) is 105 cm³/mol. The van der Waals surface area contributed by atoms with Crippen LogP contribution in [-0.2, 0) is 0 Å². The Bertz CT molecular complexity index is 894. The van der Waals surface area contributed by atoms with Crippen molar-refractivity contribution >= 4 is 39.0 Å². The van der Waals surface area contributed by atoms with Gasteiger partial charge < -0.3 is 9.64 Å². The van der Waals surface area contributed by atoms with E-state index in [-0.39, 0.29) is 0 Å². The first-order valence-corrected chi connectivity index (χ1v) is 9.79. The van der Waals surface area contributed by atoms with E-state index in [9.17, 15) is 0 Å². The Hall–Kier alpha value is -1.85. The Balaban J connectivity index is 1.88. The Kier molecular flexibility index (Phi) is 4.52. The molecule has 1 aliphatic heterocycles. The molecule has 1 aromatic carbocycles. The molecule has 0 amide bonds. The van der Waals surface area contributed by atoms with E-state index in [1.807, 2.05) is 12.1 Å². The molecule has 0 saturated carbocycles. The molecule has 1 saturated heterocycles. The molecule has 2 aromatic heterocycles. The Morgan fingerprint density at radius 3 is 2.72 bits per heavy atom. The average molecular weight is 374 g/mol. The zero-order valence-electron chi connectivity index (χ0n) is 14.3. The Morgan fingerprint density at radius 2 is 2.00 bits per heavy atom. The minimum Gasteiger partial charge on any atom is -0.497 e. The summed E-state index contributed by atoms with van der Waals surface area (Å²) in [5.74, 6) is 1.82. The third-order valence-electron chi connectivity index (χ3n) is 4.86. The lowest BCUT2D eigenvalue weighted by molar-refractivity contribution is 0.415. The highest BCUT2D eigenvalue weighted by atomic mass is 35.5. The van der Waals surface area contributed by atoms with Gasteiger partial charge in [0.1, 0.15) is 16.4 Å². The summed E-state index contributed by atoms with van der Waals surface area (Å²) < 4.78 is 5.27. The molecule has 1 aliphatic rings. The van der Waals surface area contributed by atoms with Crippen molar-refractivity contribution < 1.29 is 4.74 Å². The number of benzene rings is 1. The number of ether oxygens (including phenoxy) is 1. The number of nitrogens with zero attached hydrogens (tertiary/aromatic N) is 3. The minimum absolute atomic E-state index is 0.323. The molecule has 1 fully saturated rings. The SMILES string of the molecule is COc1ccc(-c2csc3nc(Cl)nc(N4CCCCC4C)c23)cc1. The number of fused-ring (bicyclic) bond motifs is 1. The summed E-state index contributed by atoms with van der Waals surface area (Å²) in [5, 5.41) is 3.58. The summed E-state index contributed by atoms with van der Waals surface area (Å²) in [4.78, 5) is 12.4. The maximum Gasteiger partial charge on any atom is 0.225 e. The topological polar surface area (TPSA) is 38.3 Å². The van der Waals surface area contributed by atoms with Gasteiger partial charge in [0, 0.05) is 23.5 Å². The van der Waals surface area contributed by atoms with Gasteiger partial charge in [-0.15, -0.1) is 11.3 Å². The molecule has 0 N–H and O–H groups in total. The van der Waals surface area contributed by atoms with Crippen molar-refractivity contribution in [1.29, 1.82) is 0 Å². The van der Waals surface area contributed by atoms with Gasteiger partial charge in [-0.25, -0.2) is 4.98 Å². The summed E-state index contributed by atoms with van der Waals surface area (Å²) in [5.41, 5.74) is 2.30. The van der Waals surface area contributed by atoms with Crippen LogP contribution in [0.2, 0.25) is 5.28 Å². The third kappa shape index (κ3) is 3.07. The van der Waals surface area contributed by atoms with E-state index in [4.69, 9.17) is 16.3 Å². The zero-order valence-corrected chi connectivity index (χ0v) is 15.9. The number of anilines is 1. The van der Waals surface area contributed by atoms with Crippen molar-refractivity contribution in [1.82, 2.24) is 9.97 Å². The van der Waals surface area contributed by atoms with Crippen molar-refractivity contribution in [2.75, 3.05) is 18.6 Å². The molecule has 3 heterocycles. The van der Waals surface area contributed by atoms with Crippen molar-refractivity contribution in [3.63, 3.8) is 0 Å². The number of hydrogen-bond donors (Lipinski definition) is 0. The van der Waals surface area contributed by atoms with Crippen LogP contribution in [0.15, 0.2) is 29.6 Å². The van der Waals surface area contributed by atoms with Crippen LogP contribution in [0.4, 0.5) is 5.82 Å². The number of hydrogen-bond acceptors (Lipinski definition) is 5. The molecule has 3 aromatic rings. The molecule has 4 nitrogen and oxygen atoms in total. The largest absolute Gasteiger partial charge is 0.497 e. The molecule has 4 rings (SSSR count). The van der Waals surface area contributed by atoms with Crippen LogP contribution in [-0.4, -0.2) is 29.7 Å². The highest BCUT2D eigenvalue weighted by molar-refractivity contribution is 7.17. The maximum atomic E-state index is 6.23. The number of thiophene rings is 1. The van der Waals surface area contributed by atoms with Crippen molar-refractivity contribution in [3.8, 4) is 16.9 Å². The van der Waals surface area contributed by atoms with Gasteiger partial charge in [-0.1, -0.05) is 12.1 Å². The first-order chi connectivity index (χ1) is 12.2. The molecule has 0 aliphatic carbocycles. The molecule has 1 unspecified atom stereocenters. The highest BCUT2D eigenvalue weighted by Crippen LogP contribution is 2.40. The average Bonchev–Trinajstić information content (AvgIpc) is 3.05. The van der Waals surface area contributed by atoms with Gasteiger partial charge in [0.25, 0.3) is 0 Å². The number of piperidine rings is 1. The lowest BCUT2D eigenvalue weighted by Crippen LogP contribution is -2.38. The number of rotatable bonds is 3. The molecule has 25 heavy (non-hydrogen) atoms. The first kappa shape index (κ1) is 16.6. The monoisotopic (exact) mass is 373 g/mol. The number of halogens is 1. The van der Waals surface area contributed by atoms with Crippen LogP contribution in [0.3, 0.4) is 0 Å². The van der Waals surface area contributed by atoms with Gasteiger partial charge in [-0.3, -0.25) is 0 Å². The van der Waals surface area contributed by atoms with E-state index >= 15 is 0 Å².